The zero-order chi connectivity index (χ0) is 23.4. The molecule has 1 aromatic carbocycles. The summed E-state index contributed by atoms with van der Waals surface area (Å²) in [6, 6.07) is 9.15. The van der Waals surface area contributed by atoms with Gasteiger partial charge in [0.25, 0.3) is 0 Å². The van der Waals surface area contributed by atoms with Crippen LogP contribution >= 0.6 is 22.9 Å². The Labute approximate surface area is 199 Å². The molecule has 5 N–H and O–H groups in total. The van der Waals surface area contributed by atoms with Crippen LogP contribution in [0.25, 0.3) is 11.4 Å². The third-order valence-electron chi connectivity index (χ3n) is 5.26. The number of nitriles is 1. The number of primary amides is 1. The van der Waals surface area contributed by atoms with Crippen molar-refractivity contribution < 1.29 is 4.79 Å². The first-order valence-corrected chi connectivity index (χ1v) is 11.4. The van der Waals surface area contributed by atoms with E-state index in [-0.39, 0.29) is 6.03 Å². The zero-order valence-electron chi connectivity index (χ0n) is 17.7. The van der Waals surface area contributed by atoms with Gasteiger partial charge in [-0.2, -0.15) is 5.26 Å². The van der Waals surface area contributed by atoms with E-state index in [1.165, 1.54) is 0 Å². The van der Waals surface area contributed by atoms with Crippen molar-refractivity contribution in [1.29, 1.82) is 5.26 Å². The SMILES string of the molecule is N#Cc1sc(N)nc1-c1ccnc(Nc2cc(Cl)cc(CCN3CCN(C(N)=O)CC3)c2)n1. The van der Waals surface area contributed by atoms with Crippen LogP contribution in [-0.4, -0.2) is 63.5 Å². The molecule has 0 radical (unpaired) electrons. The van der Waals surface area contributed by atoms with Gasteiger partial charge in [-0.3, -0.25) is 4.90 Å². The summed E-state index contributed by atoms with van der Waals surface area (Å²) >= 11 is 7.47. The van der Waals surface area contributed by atoms with Gasteiger partial charge in [-0.1, -0.05) is 22.9 Å². The minimum atomic E-state index is -0.367. The number of rotatable bonds is 6. The first kappa shape index (κ1) is 22.7. The second-order valence-corrected chi connectivity index (χ2v) is 8.96. The lowest BCUT2D eigenvalue weighted by Crippen LogP contribution is -2.50. The molecule has 0 spiro atoms. The van der Waals surface area contributed by atoms with E-state index < -0.39 is 0 Å². The molecule has 0 atom stereocenters. The van der Waals surface area contributed by atoms with Crippen LogP contribution in [-0.2, 0) is 6.42 Å². The molecule has 3 aromatic rings. The molecule has 4 rings (SSSR count). The first-order valence-electron chi connectivity index (χ1n) is 10.2. The second kappa shape index (κ2) is 9.99. The lowest BCUT2D eigenvalue weighted by molar-refractivity contribution is 0.146. The quantitative estimate of drug-likeness (QED) is 0.484. The number of hydrogen-bond acceptors (Lipinski definition) is 9. The number of aromatic nitrogens is 3. The highest BCUT2D eigenvalue weighted by Crippen LogP contribution is 2.28. The largest absolute Gasteiger partial charge is 0.375 e. The van der Waals surface area contributed by atoms with Crippen molar-refractivity contribution in [2.24, 2.45) is 5.73 Å². The number of piperazine rings is 1. The molecule has 1 aliphatic rings. The lowest BCUT2D eigenvalue weighted by atomic mass is 10.1. The van der Waals surface area contributed by atoms with Crippen molar-refractivity contribution in [3.63, 3.8) is 0 Å². The minimum absolute atomic E-state index is 0.310. The van der Waals surface area contributed by atoms with E-state index in [0.29, 0.717) is 45.5 Å². The van der Waals surface area contributed by atoms with E-state index in [2.05, 4.69) is 31.2 Å². The number of thiazole rings is 1. The summed E-state index contributed by atoms with van der Waals surface area (Å²) < 4.78 is 0. The van der Waals surface area contributed by atoms with E-state index in [1.54, 1.807) is 23.2 Å². The summed E-state index contributed by atoms with van der Waals surface area (Å²) in [6.07, 6.45) is 2.40. The number of nitrogens with one attached hydrogen (secondary N) is 1. The monoisotopic (exact) mass is 483 g/mol. The first-order chi connectivity index (χ1) is 15.9. The Morgan fingerprint density at radius 1 is 1.24 bits per heavy atom. The van der Waals surface area contributed by atoms with Gasteiger partial charge in [0.2, 0.25) is 5.95 Å². The Morgan fingerprint density at radius 2 is 2.03 bits per heavy atom. The van der Waals surface area contributed by atoms with Crippen molar-refractivity contribution in [2.75, 3.05) is 43.8 Å². The maximum atomic E-state index is 11.3. The molecule has 10 nitrogen and oxygen atoms in total. The number of hydrogen-bond donors (Lipinski definition) is 3. The van der Waals surface area contributed by atoms with Gasteiger partial charge in [-0.05, 0) is 36.2 Å². The maximum absolute atomic E-state index is 11.3. The Balaban J connectivity index is 1.43. The number of nitrogens with zero attached hydrogens (tertiary/aromatic N) is 6. The van der Waals surface area contributed by atoms with Crippen molar-refractivity contribution in [1.82, 2.24) is 24.8 Å². The summed E-state index contributed by atoms with van der Waals surface area (Å²) in [5.74, 6) is 0.360. The third kappa shape index (κ3) is 5.67. The highest BCUT2D eigenvalue weighted by atomic mass is 35.5. The van der Waals surface area contributed by atoms with E-state index in [1.807, 2.05) is 12.1 Å². The van der Waals surface area contributed by atoms with Gasteiger partial charge in [-0.15, -0.1) is 0 Å². The smallest absolute Gasteiger partial charge is 0.314 e. The Hall–Kier alpha value is -3.46. The Bertz CT molecular complexity index is 1200. The predicted octanol–water partition coefficient (Wildman–Crippen LogP) is 2.69. The number of halogens is 1. The number of anilines is 3. The van der Waals surface area contributed by atoms with Crippen molar-refractivity contribution in [3.8, 4) is 17.5 Å². The average Bonchev–Trinajstić information content (AvgIpc) is 3.18. The van der Waals surface area contributed by atoms with Crippen LogP contribution < -0.4 is 16.8 Å². The average molecular weight is 484 g/mol. The number of nitrogen functional groups attached to an aromatic ring is 1. The number of amides is 2. The molecule has 1 saturated heterocycles. The summed E-state index contributed by atoms with van der Waals surface area (Å²) in [6.45, 7) is 3.72. The molecule has 1 fully saturated rings. The number of benzene rings is 1. The molecule has 0 saturated carbocycles. The molecule has 33 heavy (non-hydrogen) atoms. The van der Waals surface area contributed by atoms with Gasteiger partial charge in [0.1, 0.15) is 16.6 Å². The van der Waals surface area contributed by atoms with Crippen LogP contribution in [0.4, 0.5) is 21.6 Å². The third-order valence-corrected chi connectivity index (χ3v) is 6.27. The van der Waals surface area contributed by atoms with Gasteiger partial charge in [0.15, 0.2) is 5.13 Å². The van der Waals surface area contributed by atoms with Crippen LogP contribution in [0.2, 0.25) is 5.02 Å². The number of carbonyl (C=O) groups is 1. The zero-order valence-corrected chi connectivity index (χ0v) is 19.2. The minimum Gasteiger partial charge on any atom is -0.375 e. The van der Waals surface area contributed by atoms with Crippen molar-refractivity contribution >= 4 is 45.7 Å². The van der Waals surface area contributed by atoms with Crippen LogP contribution in [0.15, 0.2) is 30.5 Å². The number of carbonyl (C=O) groups excluding carboxylic acids is 1. The molecule has 3 heterocycles. The molecule has 1 aliphatic heterocycles. The molecule has 170 valence electrons. The number of urea groups is 1. The van der Waals surface area contributed by atoms with E-state index in [0.717, 1.165) is 48.6 Å². The van der Waals surface area contributed by atoms with Crippen LogP contribution in [0, 0.1) is 11.3 Å². The predicted molar refractivity (Wildman–Crippen MR) is 128 cm³/mol. The van der Waals surface area contributed by atoms with E-state index in [9.17, 15) is 10.1 Å². The van der Waals surface area contributed by atoms with Gasteiger partial charge < -0.3 is 21.7 Å². The molecule has 2 aromatic heterocycles. The summed E-state index contributed by atoms with van der Waals surface area (Å²) in [4.78, 5) is 28.6. The highest BCUT2D eigenvalue weighted by molar-refractivity contribution is 7.16. The van der Waals surface area contributed by atoms with Gasteiger partial charge >= 0.3 is 6.03 Å². The summed E-state index contributed by atoms with van der Waals surface area (Å²) in [7, 11) is 0. The number of nitrogens with two attached hydrogens (primary N) is 2. The summed E-state index contributed by atoms with van der Waals surface area (Å²) in [5.41, 5.74) is 13.9. The van der Waals surface area contributed by atoms with Gasteiger partial charge in [0.05, 0.1) is 5.69 Å². The lowest BCUT2D eigenvalue weighted by Gasteiger charge is -2.33. The van der Waals surface area contributed by atoms with Gasteiger partial charge in [-0.25, -0.2) is 19.7 Å². The molecule has 0 bridgehead atoms. The fraction of sp³-hybridized carbons (Fsp3) is 0.286. The van der Waals surface area contributed by atoms with E-state index >= 15 is 0 Å². The molecular weight excluding hydrogens is 462 g/mol. The normalized spacial score (nSPS) is 14.1. The molecule has 0 aliphatic carbocycles. The van der Waals surface area contributed by atoms with Crippen molar-refractivity contribution in [3.05, 3.63) is 45.9 Å². The molecule has 0 unspecified atom stereocenters. The molecule has 12 heteroatoms. The van der Waals surface area contributed by atoms with Gasteiger partial charge in [0, 0.05) is 49.6 Å². The summed E-state index contributed by atoms with van der Waals surface area (Å²) in [5, 5.41) is 13.4. The fourth-order valence-electron chi connectivity index (χ4n) is 3.61. The Morgan fingerprint density at radius 3 is 2.76 bits per heavy atom. The highest BCUT2D eigenvalue weighted by Gasteiger charge is 2.19. The van der Waals surface area contributed by atoms with Crippen molar-refractivity contribution in [2.45, 2.75) is 6.42 Å². The Kier molecular flexibility index (Phi) is 6.88. The standard InChI is InChI=1S/C21H22ClN9OS/c22-14-9-13(2-4-30-5-7-31(8-6-30)20(25)32)10-15(11-14)27-21-26-3-1-16(28-21)18-17(12-23)33-19(24)29-18/h1,3,9-11H,2,4-8H2,(H2,24,29)(H2,25,32)(H,26,27,28). The second-order valence-electron chi connectivity index (χ2n) is 7.50. The van der Waals surface area contributed by atoms with E-state index in [4.69, 9.17) is 23.1 Å². The molecular formula is C21H22ClN9OS. The van der Waals surface area contributed by atoms with Crippen LogP contribution in [0.3, 0.4) is 0 Å². The van der Waals surface area contributed by atoms with Crippen LogP contribution in [0.1, 0.15) is 10.4 Å². The van der Waals surface area contributed by atoms with Crippen LogP contribution in [0.5, 0.6) is 0 Å². The topological polar surface area (TPSA) is 150 Å². The maximum Gasteiger partial charge on any atom is 0.314 e. The fourth-order valence-corrected chi connectivity index (χ4v) is 4.51. The molecule has 2 amide bonds.